The van der Waals surface area contributed by atoms with Gasteiger partial charge in [-0.1, -0.05) is 0 Å². The number of hydrazone groups is 1. The predicted octanol–water partition coefficient (Wildman–Crippen LogP) is 0.890. The molecule has 0 saturated heterocycles. The first-order valence-electron chi connectivity index (χ1n) is 3.76. The normalized spacial score (nSPS) is 29.7. The Bertz CT molecular complexity index is 134. The molecule has 1 aliphatic rings. The Hall–Kier alpha value is -0.570. The fourth-order valence-electron chi connectivity index (χ4n) is 1.32. The Morgan fingerprint density at radius 2 is 2.60 bits per heavy atom. The summed E-state index contributed by atoms with van der Waals surface area (Å²) in [6.07, 6.45) is 3.49. The molecule has 1 unspecified atom stereocenters. The lowest BCUT2D eigenvalue weighted by Crippen LogP contribution is -2.18. The summed E-state index contributed by atoms with van der Waals surface area (Å²) in [5.74, 6) is 5.16. The molecule has 0 spiro atoms. The van der Waals surface area contributed by atoms with Gasteiger partial charge in [-0.15, -0.1) is 0 Å². The number of nitrogens with two attached hydrogens (primary N) is 1. The molecule has 58 valence electrons. The molecule has 0 aliphatic heterocycles. The highest BCUT2D eigenvalue weighted by Gasteiger charge is 2.22. The van der Waals surface area contributed by atoms with E-state index < -0.39 is 0 Å². The minimum atomic E-state index is 0.218. The minimum absolute atomic E-state index is 0.218. The van der Waals surface area contributed by atoms with Crippen LogP contribution < -0.4 is 5.84 Å². The van der Waals surface area contributed by atoms with Gasteiger partial charge >= 0.3 is 0 Å². The molecular formula is C7H14N2O. The third-order valence-electron chi connectivity index (χ3n) is 1.80. The smallest absolute Gasteiger partial charge is 0.0973 e. The molecule has 10 heavy (non-hydrogen) atoms. The molecule has 0 heterocycles. The van der Waals surface area contributed by atoms with Gasteiger partial charge in [0.1, 0.15) is 0 Å². The van der Waals surface area contributed by atoms with Crippen molar-refractivity contribution >= 4 is 5.71 Å². The average Bonchev–Trinajstić information content (AvgIpc) is 2.36. The van der Waals surface area contributed by atoms with E-state index in [1.54, 1.807) is 0 Å². The van der Waals surface area contributed by atoms with E-state index in [4.69, 9.17) is 10.6 Å². The summed E-state index contributed by atoms with van der Waals surface area (Å²) in [5.41, 5.74) is 1.03. The first-order chi connectivity index (χ1) is 4.88. The summed E-state index contributed by atoms with van der Waals surface area (Å²) in [4.78, 5) is 0. The SMILES string of the molecule is CCOC1CCC/C1=N\N. The van der Waals surface area contributed by atoms with E-state index in [0.29, 0.717) is 0 Å². The summed E-state index contributed by atoms with van der Waals surface area (Å²) < 4.78 is 5.40. The first-order valence-corrected chi connectivity index (χ1v) is 3.76. The van der Waals surface area contributed by atoms with E-state index in [-0.39, 0.29) is 6.10 Å². The topological polar surface area (TPSA) is 47.6 Å². The standard InChI is InChI=1S/C7H14N2O/c1-2-10-7-5-3-4-6(7)9-8/h7H,2-5,8H2,1H3/b9-6+. The predicted molar refractivity (Wildman–Crippen MR) is 40.9 cm³/mol. The van der Waals surface area contributed by atoms with Gasteiger partial charge in [-0.05, 0) is 26.2 Å². The highest BCUT2D eigenvalue weighted by Crippen LogP contribution is 2.18. The number of hydrogen-bond acceptors (Lipinski definition) is 3. The van der Waals surface area contributed by atoms with Gasteiger partial charge in [0.15, 0.2) is 0 Å². The van der Waals surface area contributed by atoms with Gasteiger partial charge in [0.05, 0.1) is 11.8 Å². The van der Waals surface area contributed by atoms with Crippen LogP contribution in [0.5, 0.6) is 0 Å². The van der Waals surface area contributed by atoms with Crippen LogP contribution in [0.2, 0.25) is 0 Å². The van der Waals surface area contributed by atoms with Crippen molar-refractivity contribution in [3.05, 3.63) is 0 Å². The van der Waals surface area contributed by atoms with Crippen molar-refractivity contribution in [1.82, 2.24) is 0 Å². The summed E-state index contributed by atoms with van der Waals surface area (Å²) >= 11 is 0. The quantitative estimate of drug-likeness (QED) is 0.459. The molecule has 0 amide bonds. The third kappa shape index (κ3) is 1.48. The molecule has 0 aromatic heterocycles. The molecule has 1 rings (SSSR count). The Morgan fingerprint density at radius 3 is 3.20 bits per heavy atom. The summed E-state index contributed by atoms with van der Waals surface area (Å²) in [7, 11) is 0. The molecule has 3 heteroatoms. The van der Waals surface area contributed by atoms with Crippen LogP contribution in [0, 0.1) is 0 Å². The molecule has 0 bridgehead atoms. The van der Waals surface area contributed by atoms with Crippen molar-refractivity contribution in [3.8, 4) is 0 Å². The maximum atomic E-state index is 5.40. The highest BCUT2D eigenvalue weighted by molar-refractivity contribution is 5.90. The first kappa shape index (κ1) is 7.54. The Morgan fingerprint density at radius 1 is 1.80 bits per heavy atom. The monoisotopic (exact) mass is 142 g/mol. The third-order valence-corrected chi connectivity index (χ3v) is 1.80. The lowest BCUT2D eigenvalue weighted by molar-refractivity contribution is 0.110. The number of hydrogen-bond donors (Lipinski definition) is 1. The number of nitrogens with zero attached hydrogens (tertiary/aromatic N) is 1. The van der Waals surface area contributed by atoms with Gasteiger partial charge < -0.3 is 10.6 Å². The number of ether oxygens (including phenoxy) is 1. The fourth-order valence-corrected chi connectivity index (χ4v) is 1.32. The zero-order chi connectivity index (χ0) is 7.40. The molecule has 0 aromatic carbocycles. The van der Waals surface area contributed by atoms with Crippen LogP contribution in [-0.4, -0.2) is 18.4 Å². The second-order valence-corrected chi connectivity index (χ2v) is 2.46. The van der Waals surface area contributed by atoms with Crippen molar-refractivity contribution in [1.29, 1.82) is 0 Å². The molecule has 2 N–H and O–H groups in total. The average molecular weight is 142 g/mol. The zero-order valence-corrected chi connectivity index (χ0v) is 6.34. The van der Waals surface area contributed by atoms with Crippen LogP contribution in [-0.2, 0) is 4.74 Å². The summed E-state index contributed by atoms with van der Waals surface area (Å²) in [6, 6.07) is 0. The molecule has 1 aliphatic carbocycles. The van der Waals surface area contributed by atoms with Gasteiger partial charge in [0.25, 0.3) is 0 Å². The van der Waals surface area contributed by atoms with Gasteiger partial charge in [-0.2, -0.15) is 5.10 Å². The molecule has 0 aromatic rings. The lowest BCUT2D eigenvalue weighted by atomic mass is 10.3. The largest absolute Gasteiger partial charge is 0.372 e. The summed E-state index contributed by atoms with van der Waals surface area (Å²) in [5, 5.41) is 3.68. The van der Waals surface area contributed by atoms with Crippen molar-refractivity contribution in [2.45, 2.75) is 32.3 Å². The van der Waals surface area contributed by atoms with Crippen LogP contribution in [0.1, 0.15) is 26.2 Å². The summed E-state index contributed by atoms with van der Waals surface area (Å²) in [6.45, 7) is 2.75. The number of rotatable bonds is 2. The lowest BCUT2D eigenvalue weighted by Gasteiger charge is -2.08. The van der Waals surface area contributed by atoms with E-state index in [2.05, 4.69) is 5.10 Å². The molecule has 0 radical (unpaired) electrons. The van der Waals surface area contributed by atoms with Crippen molar-refractivity contribution < 1.29 is 4.74 Å². The zero-order valence-electron chi connectivity index (χ0n) is 6.34. The molecular weight excluding hydrogens is 128 g/mol. The second-order valence-electron chi connectivity index (χ2n) is 2.46. The van der Waals surface area contributed by atoms with Crippen molar-refractivity contribution in [2.24, 2.45) is 10.9 Å². The molecule has 1 saturated carbocycles. The van der Waals surface area contributed by atoms with Gasteiger partial charge in [-0.3, -0.25) is 0 Å². The van der Waals surface area contributed by atoms with Crippen LogP contribution >= 0.6 is 0 Å². The fraction of sp³-hybridized carbons (Fsp3) is 0.857. The van der Waals surface area contributed by atoms with Gasteiger partial charge in [0, 0.05) is 6.61 Å². The van der Waals surface area contributed by atoms with E-state index in [0.717, 1.165) is 25.2 Å². The Kier molecular flexibility index (Phi) is 2.68. The molecule has 1 atom stereocenters. The van der Waals surface area contributed by atoms with Crippen LogP contribution in [0.4, 0.5) is 0 Å². The van der Waals surface area contributed by atoms with Crippen LogP contribution in [0.25, 0.3) is 0 Å². The Balaban J connectivity index is 2.42. The van der Waals surface area contributed by atoms with E-state index in [1.165, 1.54) is 6.42 Å². The van der Waals surface area contributed by atoms with Crippen LogP contribution in [0.15, 0.2) is 5.10 Å². The van der Waals surface area contributed by atoms with Gasteiger partial charge in [0.2, 0.25) is 0 Å². The molecule has 1 fully saturated rings. The molecule has 3 nitrogen and oxygen atoms in total. The van der Waals surface area contributed by atoms with Gasteiger partial charge in [-0.25, -0.2) is 0 Å². The van der Waals surface area contributed by atoms with E-state index in [9.17, 15) is 0 Å². The maximum absolute atomic E-state index is 5.40. The second kappa shape index (κ2) is 3.56. The van der Waals surface area contributed by atoms with Crippen LogP contribution in [0.3, 0.4) is 0 Å². The van der Waals surface area contributed by atoms with E-state index >= 15 is 0 Å². The Labute approximate surface area is 61.2 Å². The van der Waals surface area contributed by atoms with E-state index in [1.807, 2.05) is 6.92 Å². The minimum Gasteiger partial charge on any atom is -0.372 e. The highest BCUT2D eigenvalue weighted by atomic mass is 16.5. The maximum Gasteiger partial charge on any atom is 0.0973 e. The van der Waals surface area contributed by atoms with Crippen molar-refractivity contribution in [2.75, 3.05) is 6.61 Å². The van der Waals surface area contributed by atoms with Crippen molar-refractivity contribution in [3.63, 3.8) is 0 Å².